The summed E-state index contributed by atoms with van der Waals surface area (Å²) in [5, 5.41) is 9.30. The predicted octanol–water partition coefficient (Wildman–Crippen LogP) is 3.06. The Morgan fingerprint density at radius 3 is 2.55 bits per heavy atom. The summed E-state index contributed by atoms with van der Waals surface area (Å²) in [5.74, 6) is 0. The summed E-state index contributed by atoms with van der Waals surface area (Å²) in [4.78, 5) is 3.68. The second kappa shape index (κ2) is 5.67. The molecule has 0 saturated carbocycles. The maximum atomic E-state index is 12.1. The molecule has 5 nitrogen and oxygen atoms in total. The highest BCUT2D eigenvalue weighted by Crippen LogP contribution is 2.22. The van der Waals surface area contributed by atoms with E-state index in [9.17, 15) is 8.42 Å². The average Bonchev–Trinajstić information content (AvgIpc) is 2.41. The van der Waals surface area contributed by atoms with Crippen molar-refractivity contribution in [3.05, 3.63) is 52.3 Å². The Hall–Kier alpha value is -1.81. The van der Waals surface area contributed by atoms with Gasteiger partial charge in [-0.15, -0.1) is 0 Å². The third kappa shape index (κ3) is 3.20. The molecule has 0 radical (unpaired) electrons. The topological polar surface area (TPSA) is 82.9 Å². The van der Waals surface area contributed by atoms with Crippen molar-refractivity contribution >= 4 is 38.9 Å². The van der Waals surface area contributed by atoms with Gasteiger partial charge in [0, 0.05) is 6.20 Å². The number of nitriles is 1. The van der Waals surface area contributed by atoms with E-state index >= 15 is 0 Å². The first-order valence-electron chi connectivity index (χ1n) is 5.26. The van der Waals surface area contributed by atoms with Crippen LogP contribution in [0.5, 0.6) is 0 Å². The molecular formula is C12H7Cl2N3O2S. The molecule has 0 saturated heterocycles. The summed E-state index contributed by atoms with van der Waals surface area (Å²) < 4.78 is 26.5. The molecule has 1 heterocycles. The van der Waals surface area contributed by atoms with Crippen molar-refractivity contribution in [2.45, 2.75) is 4.90 Å². The second-order valence-electron chi connectivity index (χ2n) is 3.73. The molecule has 0 aliphatic carbocycles. The van der Waals surface area contributed by atoms with Crippen molar-refractivity contribution in [3.8, 4) is 6.07 Å². The number of nitrogens with one attached hydrogen (secondary N) is 1. The molecule has 1 aromatic carbocycles. The number of aromatic nitrogens is 1. The zero-order valence-electron chi connectivity index (χ0n) is 9.84. The van der Waals surface area contributed by atoms with Crippen molar-refractivity contribution in [1.29, 1.82) is 5.26 Å². The van der Waals surface area contributed by atoms with Gasteiger partial charge in [-0.2, -0.15) is 5.26 Å². The summed E-state index contributed by atoms with van der Waals surface area (Å²) in [6.45, 7) is 0. The Labute approximate surface area is 125 Å². The van der Waals surface area contributed by atoms with Gasteiger partial charge >= 0.3 is 0 Å². The quantitative estimate of drug-likeness (QED) is 0.878. The van der Waals surface area contributed by atoms with Gasteiger partial charge in [-0.25, -0.2) is 13.4 Å². The second-order valence-corrected chi connectivity index (χ2v) is 6.21. The van der Waals surface area contributed by atoms with Crippen molar-refractivity contribution in [2.24, 2.45) is 0 Å². The normalized spacial score (nSPS) is 10.8. The van der Waals surface area contributed by atoms with Crippen LogP contribution in [0.25, 0.3) is 0 Å². The highest BCUT2D eigenvalue weighted by Gasteiger charge is 2.15. The van der Waals surface area contributed by atoms with Crippen molar-refractivity contribution in [2.75, 3.05) is 4.72 Å². The van der Waals surface area contributed by atoms with E-state index in [-0.39, 0.29) is 26.3 Å². The van der Waals surface area contributed by atoms with Gasteiger partial charge in [-0.1, -0.05) is 23.2 Å². The van der Waals surface area contributed by atoms with E-state index in [1.807, 2.05) is 6.07 Å². The first kappa shape index (κ1) is 14.6. The molecule has 2 rings (SSSR count). The Bertz CT molecular complexity index is 783. The van der Waals surface area contributed by atoms with Crippen LogP contribution in [0.1, 0.15) is 5.56 Å². The predicted molar refractivity (Wildman–Crippen MR) is 76.2 cm³/mol. The van der Waals surface area contributed by atoms with Gasteiger partial charge in [0.05, 0.1) is 16.3 Å². The first-order chi connectivity index (χ1) is 9.42. The van der Waals surface area contributed by atoms with E-state index in [0.29, 0.717) is 0 Å². The maximum absolute atomic E-state index is 12.1. The van der Waals surface area contributed by atoms with Gasteiger partial charge in [-0.3, -0.25) is 4.72 Å². The molecule has 8 heteroatoms. The molecule has 0 atom stereocenters. The van der Waals surface area contributed by atoms with Crippen LogP contribution in [0.15, 0.2) is 41.4 Å². The highest BCUT2D eigenvalue weighted by molar-refractivity contribution is 7.92. The van der Waals surface area contributed by atoms with Gasteiger partial charge in [0.15, 0.2) is 0 Å². The number of halogens is 2. The minimum Gasteiger partial charge on any atom is -0.280 e. The first-order valence-corrected chi connectivity index (χ1v) is 7.50. The average molecular weight is 328 g/mol. The lowest BCUT2D eigenvalue weighted by molar-refractivity contribution is 0.601. The molecule has 0 aliphatic rings. The highest BCUT2D eigenvalue weighted by atomic mass is 35.5. The van der Waals surface area contributed by atoms with Crippen LogP contribution in [-0.2, 0) is 10.0 Å². The number of pyridine rings is 1. The van der Waals surface area contributed by atoms with Crippen molar-refractivity contribution in [3.63, 3.8) is 0 Å². The van der Waals surface area contributed by atoms with Gasteiger partial charge in [0.2, 0.25) is 0 Å². The molecular weight excluding hydrogens is 321 g/mol. The van der Waals surface area contributed by atoms with E-state index in [1.165, 1.54) is 30.3 Å². The van der Waals surface area contributed by atoms with Gasteiger partial charge in [0.25, 0.3) is 10.0 Å². The molecule has 0 amide bonds. The molecule has 0 aliphatic heterocycles. The van der Waals surface area contributed by atoms with E-state index in [2.05, 4.69) is 9.71 Å². The fraction of sp³-hybridized carbons (Fsp3) is 0. The molecule has 2 aromatic rings. The third-order valence-corrected chi connectivity index (χ3v) is 4.27. The van der Waals surface area contributed by atoms with Gasteiger partial charge < -0.3 is 0 Å². The molecule has 1 aromatic heterocycles. The van der Waals surface area contributed by atoms with Crippen molar-refractivity contribution in [1.82, 2.24) is 4.98 Å². The van der Waals surface area contributed by atoms with Crippen LogP contribution in [0.3, 0.4) is 0 Å². The smallest absolute Gasteiger partial charge is 0.263 e. The SMILES string of the molecule is N#Cc1cc(NS(=O)(=O)c2ccc(Cl)nc2)ccc1Cl. The largest absolute Gasteiger partial charge is 0.280 e. The maximum Gasteiger partial charge on any atom is 0.263 e. The monoisotopic (exact) mass is 327 g/mol. The van der Waals surface area contributed by atoms with Crippen LogP contribution in [-0.4, -0.2) is 13.4 Å². The molecule has 20 heavy (non-hydrogen) atoms. The Morgan fingerprint density at radius 1 is 1.20 bits per heavy atom. The number of benzene rings is 1. The number of nitrogens with zero attached hydrogens (tertiary/aromatic N) is 2. The van der Waals surface area contributed by atoms with E-state index < -0.39 is 10.0 Å². The van der Waals surface area contributed by atoms with Crippen molar-refractivity contribution < 1.29 is 8.42 Å². The Kier molecular flexibility index (Phi) is 4.14. The minimum absolute atomic E-state index is 0.0321. The zero-order chi connectivity index (χ0) is 14.8. The number of hydrogen-bond donors (Lipinski definition) is 1. The summed E-state index contributed by atoms with van der Waals surface area (Å²) >= 11 is 11.4. The summed E-state index contributed by atoms with van der Waals surface area (Å²) in [6, 6.07) is 8.83. The lowest BCUT2D eigenvalue weighted by Gasteiger charge is -2.08. The molecule has 102 valence electrons. The van der Waals surface area contributed by atoms with E-state index in [4.69, 9.17) is 28.5 Å². The number of sulfonamides is 1. The molecule has 1 N–H and O–H groups in total. The standard InChI is InChI=1S/C12H7Cl2N3O2S/c13-11-3-1-9(5-8(11)6-15)17-20(18,19)10-2-4-12(14)16-7-10/h1-5,7,17H. The molecule has 0 spiro atoms. The van der Waals surface area contributed by atoms with Crippen LogP contribution in [0, 0.1) is 11.3 Å². The van der Waals surface area contributed by atoms with Gasteiger partial charge in [-0.05, 0) is 30.3 Å². The molecule has 0 fully saturated rings. The van der Waals surface area contributed by atoms with Crippen LogP contribution in [0.4, 0.5) is 5.69 Å². The lowest BCUT2D eigenvalue weighted by Crippen LogP contribution is -2.13. The minimum atomic E-state index is -3.79. The summed E-state index contributed by atoms with van der Waals surface area (Å²) in [7, 11) is -3.79. The third-order valence-electron chi connectivity index (χ3n) is 2.35. The number of rotatable bonds is 3. The van der Waals surface area contributed by atoms with E-state index in [0.717, 1.165) is 6.20 Å². The molecule has 0 bridgehead atoms. The fourth-order valence-corrected chi connectivity index (χ4v) is 2.68. The van der Waals surface area contributed by atoms with Crippen LogP contribution in [0.2, 0.25) is 10.2 Å². The number of anilines is 1. The lowest BCUT2D eigenvalue weighted by atomic mass is 10.2. The fourth-order valence-electron chi connectivity index (χ4n) is 1.41. The van der Waals surface area contributed by atoms with Gasteiger partial charge in [0.1, 0.15) is 16.1 Å². The van der Waals surface area contributed by atoms with Crippen LogP contribution >= 0.6 is 23.2 Å². The number of hydrogen-bond acceptors (Lipinski definition) is 4. The Balaban J connectivity index is 2.34. The summed E-state index contributed by atoms with van der Waals surface area (Å²) in [5.41, 5.74) is 0.419. The zero-order valence-corrected chi connectivity index (χ0v) is 12.2. The summed E-state index contributed by atoms with van der Waals surface area (Å²) in [6.07, 6.45) is 1.14. The van der Waals surface area contributed by atoms with E-state index in [1.54, 1.807) is 0 Å². The Morgan fingerprint density at radius 2 is 1.95 bits per heavy atom. The molecule has 0 unspecified atom stereocenters. The van der Waals surface area contributed by atoms with Crippen LogP contribution < -0.4 is 4.72 Å².